The number of nitrogens with one attached hydrogen (secondary N) is 1. The molecule has 2 aromatic rings. The van der Waals surface area contributed by atoms with Gasteiger partial charge in [0.2, 0.25) is 5.91 Å². The molecule has 0 aliphatic carbocycles. The number of aryl methyl sites for hydroxylation is 2. The van der Waals surface area contributed by atoms with Gasteiger partial charge in [0.25, 0.3) is 0 Å². The summed E-state index contributed by atoms with van der Waals surface area (Å²) in [7, 11) is 0. The predicted octanol–water partition coefficient (Wildman–Crippen LogP) is 3.23. The van der Waals surface area contributed by atoms with Crippen LogP contribution in [0.25, 0.3) is 0 Å². The number of aromatic nitrogens is 2. The van der Waals surface area contributed by atoms with E-state index in [-0.39, 0.29) is 18.0 Å². The number of carbonyl (C=O) groups excluding carboxylic acids is 1. The number of rotatable bonds is 8. The third-order valence-corrected chi connectivity index (χ3v) is 3.76. The smallest absolute Gasteiger partial charge is 0.312 e. The van der Waals surface area contributed by atoms with E-state index in [0.717, 1.165) is 0 Å². The monoisotopic (exact) mass is 346 g/mol. The van der Waals surface area contributed by atoms with E-state index in [1.165, 1.54) is 0 Å². The first-order valence-electron chi connectivity index (χ1n) is 8.14. The average Bonchev–Trinajstić information content (AvgIpc) is 2.83. The van der Waals surface area contributed by atoms with Crippen molar-refractivity contribution in [2.45, 2.75) is 40.2 Å². The first kappa shape index (κ1) is 18.4. The van der Waals surface area contributed by atoms with E-state index < -0.39 is 4.92 Å². The number of amides is 1. The van der Waals surface area contributed by atoms with Crippen LogP contribution in [-0.2, 0) is 11.3 Å². The molecule has 0 aliphatic rings. The van der Waals surface area contributed by atoms with Gasteiger partial charge in [0.15, 0.2) is 0 Å². The molecule has 0 saturated carbocycles. The molecule has 1 aromatic carbocycles. The summed E-state index contributed by atoms with van der Waals surface area (Å²) in [6.45, 7) is 6.12. The Balaban J connectivity index is 1.91. The summed E-state index contributed by atoms with van der Waals surface area (Å²) < 4.78 is 7.05. The number of anilines is 1. The van der Waals surface area contributed by atoms with Gasteiger partial charge in [-0.2, -0.15) is 5.10 Å². The van der Waals surface area contributed by atoms with Crippen LogP contribution in [0, 0.1) is 24.0 Å². The molecular weight excluding hydrogens is 324 g/mol. The Hall–Kier alpha value is -2.90. The van der Waals surface area contributed by atoms with Crippen molar-refractivity contribution in [3.8, 4) is 5.75 Å². The van der Waals surface area contributed by atoms with Crippen LogP contribution < -0.4 is 10.1 Å². The average molecular weight is 346 g/mol. The SMILES string of the molecule is CCOc1ccccc1NC(=O)CCCn1nc(C)c([N+](=O)[O-])c1C. The predicted molar refractivity (Wildman–Crippen MR) is 93.8 cm³/mol. The lowest BCUT2D eigenvalue weighted by atomic mass is 10.2. The van der Waals surface area contributed by atoms with E-state index in [2.05, 4.69) is 10.4 Å². The van der Waals surface area contributed by atoms with Crippen LogP contribution >= 0.6 is 0 Å². The molecule has 2 rings (SSSR count). The van der Waals surface area contributed by atoms with Crippen molar-refractivity contribution >= 4 is 17.3 Å². The number of para-hydroxylation sites is 2. The molecule has 0 atom stereocenters. The first-order chi connectivity index (χ1) is 11.9. The first-order valence-corrected chi connectivity index (χ1v) is 8.14. The van der Waals surface area contributed by atoms with Gasteiger partial charge in [0.1, 0.15) is 17.1 Å². The molecule has 0 saturated heterocycles. The van der Waals surface area contributed by atoms with E-state index in [4.69, 9.17) is 4.74 Å². The number of hydrogen-bond donors (Lipinski definition) is 1. The van der Waals surface area contributed by atoms with Crippen LogP contribution in [-0.4, -0.2) is 27.2 Å². The number of nitrogens with zero attached hydrogens (tertiary/aromatic N) is 3. The highest BCUT2D eigenvalue weighted by Crippen LogP contribution is 2.24. The molecular formula is C17H22N4O4. The van der Waals surface area contributed by atoms with E-state index in [1.54, 1.807) is 30.7 Å². The summed E-state index contributed by atoms with van der Waals surface area (Å²) in [5, 5.41) is 18.0. The van der Waals surface area contributed by atoms with Crippen molar-refractivity contribution in [2.24, 2.45) is 0 Å². The van der Waals surface area contributed by atoms with E-state index in [9.17, 15) is 14.9 Å². The van der Waals surface area contributed by atoms with E-state index in [0.29, 0.717) is 42.4 Å². The molecule has 0 spiro atoms. The fraction of sp³-hybridized carbons (Fsp3) is 0.412. The molecule has 0 bridgehead atoms. The molecule has 0 fully saturated rings. The normalized spacial score (nSPS) is 10.5. The van der Waals surface area contributed by atoms with Gasteiger partial charge < -0.3 is 10.1 Å². The van der Waals surface area contributed by atoms with Crippen molar-refractivity contribution in [2.75, 3.05) is 11.9 Å². The van der Waals surface area contributed by atoms with Gasteiger partial charge >= 0.3 is 5.69 Å². The molecule has 8 nitrogen and oxygen atoms in total. The zero-order valence-corrected chi connectivity index (χ0v) is 14.6. The third kappa shape index (κ3) is 4.56. The van der Waals surface area contributed by atoms with Gasteiger partial charge in [0.05, 0.1) is 17.2 Å². The quantitative estimate of drug-likeness (QED) is 0.584. The van der Waals surface area contributed by atoms with E-state index in [1.807, 2.05) is 19.1 Å². The van der Waals surface area contributed by atoms with Crippen LogP contribution in [0.4, 0.5) is 11.4 Å². The largest absolute Gasteiger partial charge is 0.492 e. The molecule has 1 aromatic heterocycles. The summed E-state index contributed by atoms with van der Waals surface area (Å²) in [5.41, 5.74) is 1.56. The maximum Gasteiger partial charge on any atom is 0.312 e. The summed E-state index contributed by atoms with van der Waals surface area (Å²) in [5.74, 6) is 0.496. The van der Waals surface area contributed by atoms with Crippen LogP contribution in [0.15, 0.2) is 24.3 Å². The lowest BCUT2D eigenvalue weighted by molar-refractivity contribution is -0.386. The molecule has 0 aliphatic heterocycles. The maximum absolute atomic E-state index is 12.1. The standard InChI is InChI=1S/C17H22N4O4/c1-4-25-15-9-6-5-8-14(15)18-16(22)10-7-11-20-13(3)17(21(23)24)12(2)19-20/h5-6,8-9H,4,7,10-11H2,1-3H3,(H,18,22). The molecule has 25 heavy (non-hydrogen) atoms. The van der Waals surface area contributed by atoms with Crippen molar-refractivity contribution in [3.63, 3.8) is 0 Å². The highest BCUT2D eigenvalue weighted by Gasteiger charge is 2.21. The Morgan fingerprint density at radius 3 is 2.72 bits per heavy atom. The van der Waals surface area contributed by atoms with Crippen LogP contribution in [0.3, 0.4) is 0 Å². The fourth-order valence-electron chi connectivity index (χ4n) is 2.62. The van der Waals surface area contributed by atoms with Gasteiger partial charge in [-0.3, -0.25) is 19.6 Å². The zero-order valence-electron chi connectivity index (χ0n) is 14.6. The number of ether oxygens (including phenoxy) is 1. The van der Waals surface area contributed by atoms with Crippen molar-refractivity contribution in [1.29, 1.82) is 0 Å². The topological polar surface area (TPSA) is 99.3 Å². The van der Waals surface area contributed by atoms with Crippen molar-refractivity contribution in [1.82, 2.24) is 9.78 Å². The Morgan fingerprint density at radius 2 is 2.08 bits per heavy atom. The minimum Gasteiger partial charge on any atom is -0.492 e. The van der Waals surface area contributed by atoms with Crippen LogP contribution in [0.5, 0.6) is 5.75 Å². The second-order valence-corrected chi connectivity index (χ2v) is 5.58. The minimum atomic E-state index is -0.425. The minimum absolute atomic E-state index is 0.0371. The maximum atomic E-state index is 12.1. The van der Waals surface area contributed by atoms with Crippen molar-refractivity contribution < 1.29 is 14.5 Å². The highest BCUT2D eigenvalue weighted by atomic mass is 16.6. The molecule has 1 heterocycles. The lowest BCUT2D eigenvalue weighted by Gasteiger charge is -2.11. The summed E-state index contributed by atoms with van der Waals surface area (Å²) in [6.07, 6.45) is 0.814. The number of hydrogen-bond acceptors (Lipinski definition) is 5. The molecule has 1 amide bonds. The van der Waals surface area contributed by atoms with Crippen LogP contribution in [0.1, 0.15) is 31.2 Å². The van der Waals surface area contributed by atoms with Crippen LogP contribution in [0.2, 0.25) is 0 Å². The Morgan fingerprint density at radius 1 is 1.36 bits per heavy atom. The van der Waals surface area contributed by atoms with Gasteiger partial charge in [-0.15, -0.1) is 0 Å². The summed E-state index contributed by atoms with van der Waals surface area (Å²) in [4.78, 5) is 22.7. The van der Waals surface area contributed by atoms with Gasteiger partial charge in [-0.25, -0.2) is 0 Å². The molecule has 134 valence electrons. The Kier molecular flexibility index (Phi) is 6.10. The molecule has 8 heteroatoms. The number of nitro groups is 1. The fourth-order valence-corrected chi connectivity index (χ4v) is 2.62. The second kappa shape index (κ2) is 8.27. The van der Waals surface area contributed by atoms with Gasteiger partial charge in [-0.1, -0.05) is 12.1 Å². The Labute approximate surface area is 145 Å². The summed E-state index contributed by atoms with van der Waals surface area (Å²) in [6, 6.07) is 7.25. The zero-order chi connectivity index (χ0) is 18.4. The second-order valence-electron chi connectivity index (χ2n) is 5.58. The van der Waals surface area contributed by atoms with Crippen molar-refractivity contribution in [3.05, 3.63) is 45.8 Å². The highest BCUT2D eigenvalue weighted by molar-refractivity contribution is 5.92. The van der Waals surface area contributed by atoms with E-state index >= 15 is 0 Å². The van der Waals surface area contributed by atoms with Gasteiger partial charge in [0, 0.05) is 13.0 Å². The molecule has 1 N–H and O–H groups in total. The summed E-state index contributed by atoms with van der Waals surface area (Å²) >= 11 is 0. The number of carbonyl (C=O) groups is 1. The third-order valence-electron chi connectivity index (χ3n) is 3.76. The molecule has 0 unspecified atom stereocenters. The molecule has 0 radical (unpaired) electrons. The Bertz CT molecular complexity index is 770. The van der Waals surface area contributed by atoms with Gasteiger partial charge in [-0.05, 0) is 39.3 Å². The number of benzene rings is 1. The lowest BCUT2D eigenvalue weighted by Crippen LogP contribution is -2.14.